The molecule has 0 heterocycles. The lowest BCUT2D eigenvalue weighted by Crippen LogP contribution is -2.23. The molecule has 0 saturated carbocycles. The van der Waals surface area contributed by atoms with Gasteiger partial charge in [0.1, 0.15) is 11.8 Å². The van der Waals surface area contributed by atoms with Crippen LogP contribution in [0.15, 0.2) is 24.3 Å². The summed E-state index contributed by atoms with van der Waals surface area (Å²) >= 11 is 0. The Morgan fingerprint density at radius 3 is 2.33 bits per heavy atom. The van der Waals surface area contributed by atoms with E-state index in [4.69, 9.17) is 10.5 Å². The molecule has 0 aliphatic heterocycles. The lowest BCUT2D eigenvalue weighted by Gasteiger charge is -2.12. The number of hydrogen-bond acceptors (Lipinski definition) is 4. The summed E-state index contributed by atoms with van der Waals surface area (Å²) in [6, 6.07) is 3.71. The van der Waals surface area contributed by atoms with Gasteiger partial charge in [-0.15, -0.1) is 13.2 Å². The Hall–Kier alpha value is -1.76. The SMILES string of the molecule is CCOC(=O)C(N)c1ccc(OC(F)(F)F)cc1. The average Bonchev–Trinajstić information content (AvgIpc) is 2.27. The highest BCUT2D eigenvalue weighted by Gasteiger charge is 2.31. The van der Waals surface area contributed by atoms with Crippen molar-refractivity contribution in [1.82, 2.24) is 0 Å². The zero-order chi connectivity index (χ0) is 13.8. The topological polar surface area (TPSA) is 61.5 Å². The highest BCUT2D eigenvalue weighted by molar-refractivity contribution is 5.77. The maximum absolute atomic E-state index is 11.9. The Labute approximate surface area is 101 Å². The van der Waals surface area contributed by atoms with Crippen molar-refractivity contribution in [2.75, 3.05) is 6.61 Å². The summed E-state index contributed by atoms with van der Waals surface area (Å²) in [6.45, 7) is 1.81. The van der Waals surface area contributed by atoms with Gasteiger partial charge in [-0.25, -0.2) is 4.79 Å². The number of halogens is 3. The first-order valence-electron chi connectivity index (χ1n) is 5.11. The molecule has 0 fully saturated rings. The van der Waals surface area contributed by atoms with Gasteiger partial charge in [0.2, 0.25) is 0 Å². The number of benzene rings is 1. The van der Waals surface area contributed by atoms with Crippen molar-refractivity contribution in [3.8, 4) is 5.75 Å². The Morgan fingerprint density at radius 1 is 1.33 bits per heavy atom. The minimum atomic E-state index is -4.75. The van der Waals surface area contributed by atoms with Gasteiger partial charge >= 0.3 is 12.3 Å². The molecule has 1 unspecified atom stereocenters. The van der Waals surface area contributed by atoms with E-state index in [0.717, 1.165) is 12.1 Å². The fourth-order valence-electron chi connectivity index (χ4n) is 1.24. The van der Waals surface area contributed by atoms with E-state index in [2.05, 4.69) is 4.74 Å². The van der Waals surface area contributed by atoms with Crippen molar-refractivity contribution in [1.29, 1.82) is 0 Å². The molecule has 1 rings (SSSR count). The predicted molar refractivity (Wildman–Crippen MR) is 56.7 cm³/mol. The van der Waals surface area contributed by atoms with Crippen LogP contribution in [0.4, 0.5) is 13.2 Å². The van der Waals surface area contributed by atoms with E-state index in [9.17, 15) is 18.0 Å². The molecular weight excluding hydrogens is 251 g/mol. The number of rotatable bonds is 4. The molecule has 7 heteroatoms. The van der Waals surface area contributed by atoms with Crippen LogP contribution in [0.1, 0.15) is 18.5 Å². The van der Waals surface area contributed by atoms with Gasteiger partial charge in [-0.2, -0.15) is 0 Å². The fraction of sp³-hybridized carbons (Fsp3) is 0.364. The van der Waals surface area contributed by atoms with Crippen molar-refractivity contribution in [2.45, 2.75) is 19.3 Å². The third-order valence-electron chi connectivity index (χ3n) is 2.01. The maximum Gasteiger partial charge on any atom is 0.573 e. The smallest absolute Gasteiger partial charge is 0.465 e. The molecule has 0 spiro atoms. The second kappa shape index (κ2) is 5.72. The first-order valence-corrected chi connectivity index (χ1v) is 5.11. The van der Waals surface area contributed by atoms with E-state index in [0.29, 0.717) is 5.56 Å². The standard InChI is InChI=1S/C11H12F3NO3/c1-2-17-10(16)9(15)7-3-5-8(6-4-7)18-11(12,13)14/h3-6,9H,2,15H2,1H3. The van der Waals surface area contributed by atoms with E-state index in [1.165, 1.54) is 12.1 Å². The van der Waals surface area contributed by atoms with E-state index < -0.39 is 18.4 Å². The highest BCUT2D eigenvalue weighted by atomic mass is 19.4. The molecule has 0 saturated heterocycles. The molecule has 100 valence electrons. The lowest BCUT2D eigenvalue weighted by atomic mass is 10.1. The Bertz CT molecular complexity index is 403. The second-order valence-electron chi connectivity index (χ2n) is 3.35. The largest absolute Gasteiger partial charge is 0.573 e. The van der Waals surface area contributed by atoms with Gasteiger partial charge in [0.25, 0.3) is 0 Å². The van der Waals surface area contributed by atoms with Crippen LogP contribution in [0.5, 0.6) is 5.75 Å². The number of carbonyl (C=O) groups excluding carboxylic acids is 1. The quantitative estimate of drug-likeness (QED) is 0.845. The van der Waals surface area contributed by atoms with Crippen LogP contribution in [-0.2, 0) is 9.53 Å². The van der Waals surface area contributed by atoms with Crippen LogP contribution in [0.3, 0.4) is 0 Å². The molecule has 0 amide bonds. The number of carbonyl (C=O) groups is 1. The summed E-state index contributed by atoms with van der Waals surface area (Å²) < 4.78 is 44.1. The van der Waals surface area contributed by atoms with Crippen LogP contribution >= 0.6 is 0 Å². The number of nitrogens with two attached hydrogens (primary N) is 1. The molecule has 1 aromatic carbocycles. The predicted octanol–water partition coefficient (Wildman–Crippen LogP) is 2.15. The minimum absolute atomic E-state index is 0.182. The molecule has 4 nitrogen and oxygen atoms in total. The van der Waals surface area contributed by atoms with E-state index >= 15 is 0 Å². The Balaban J connectivity index is 2.73. The summed E-state index contributed by atoms with van der Waals surface area (Å²) in [5.41, 5.74) is 5.91. The van der Waals surface area contributed by atoms with Gasteiger partial charge < -0.3 is 15.2 Å². The summed E-state index contributed by atoms with van der Waals surface area (Å²) in [5, 5.41) is 0. The van der Waals surface area contributed by atoms with Gasteiger partial charge in [-0.1, -0.05) is 12.1 Å². The third-order valence-corrected chi connectivity index (χ3v) is 2.01. The second-order valence-corrected chi connectivity index (χ2v) is 3.35. The van der Waals surface area contributed by atoms with Crippen LogP contribution < -0.4 is 10.5 Å². The monoisotopic (exact) mass is 263 g/mol. The molecule has 18 heavy (non-hydrogen) atoms. The van der Waals surface area contributed by atoms with Crippen molar-refractivity contribution in [3.63, 3.8) is 0 Å². The molecule has 0 aromatic heterocycles. The number of alkyl halides is 3. The molecule has 1 aromatic rings. The Morgan fingerprint density at radius 2 is 1.89 bits per heavy atom. The van der Waals surface area contributed by atoms with E-state index in [-0.39, 0.29) is 12.4 Å². The van der Waals surface area contributed by atoms with Gasteiger partial charge in [0.05, 0.1) is 6.61 Å². The first kappa shape index (κ1) is 14.3. The number of esters is 1. The molecule has 0 aliphatic rings. The fourth-order valence-corrected chi connectivity index (χ4v) is 1.24. The zero-order valence-electron chi connectivity index (χ0n) is 9.53. The molecule has 0 aliphatic carbocycles. The van der Waals surface area contributed by atoms with Crippen LogP contribution in [-0.4, -0.2) is 18.9 Å². The molecular formula is C11H12F3NO3. The number of hydrogen-bond donors (Lipinski definition) is 1. The Kier molecular flexibility index (Phi) is 4.55. The maximum atomic E-state index is 11.9. The summed E-state index contributed by atoms with van der Waals surface area (Å²) in [5.74, 6) is -1.01. The summed E-state index contributed by atoms with van der Waals surface area (Å²) in [7, 11) is 0. The third kappa shape index (κ3) is 4.25. The van der Waals surface area contributed by atoms with Crippen molar-refractivity contribution in [3.05, 3.63) is 29.8 Å². The summed E-state index contributed by atoms with van der Waals surface area (Å²) in [4.78, 5) is 11.3. The van der Waals surface area contributed by atoms with Crippen LogP contribution in [0, 0.1) is 0 Å². The van der Waals surface area contributed by atoms with Crippen molar-refractivity contribution >= 4 is 5.97 Å². The highest BCUT2D eigenvalue weighted by Crippen LogP contribution is 2.24. The zero-order valence-corrected chi connectivity index (χ0v) is 9.53. The van der Waals surface area contributed by atoms with E-state index in [1.54, 1.807) is 6.92 Å². The van der Waals surface area contributed by atoms with Crippen LogP contribution in [0.2, 0.25) is 0 Å². The molecule has 0 radical (unpaired) electrons. The first-order chi connectivity index (χ1) is 8.33. The van der Waals surface area contributed by atoms with Gasteiger partial charge in [0, 0.05) is 0 Å². The normalized spacial score (nSPS) is 12.9. The molecule has 2 N–H and O–H groups in total. The minimum Gasteiger partial charge on any atom is -0.465 e. The average molecular weight is 263 g/mol. The van der Waals surface area contributed by atoms with Gasteiger partial charge in [-0.3, -0.25) is 0 Å². The van der Waals surface area contributed by atoms with E-state index in [1.807, 2.05) is 0 Å². The molecule has 1 atom stereocenters. The van der Waals surface area contributed by atoms with Crippen molar-refractivity contribution < 1.29 is 27.4 Å². The van der Waals surface area contributed by atoms with Crippen molar-refractivity contribution in [2.24, 2.45) is 5.73 Å². The number of ether oxygens (including phenoxy) is 2. The van der Waals surface area contributed by atoms with Gasteiger partial charge in [0.15, 0.2) is 0 Å². The van der Waals surface area contributed by atoms with Crippen LogP contribution in [0.25, 0.3) is 0 Å². The van der Waals surface area contributed by atoms with Gasteiger partial charge in [-0.05, 0) is 24.6 Å². The summed E-state index contributed by atoms with van der Waals surface area (Å²) in [6.07, 6.45) is -4.75. The molecule has 0 bridgehead atoms. The lowest BCUT2D eigenvalue weighted by molar-refractivity contribution is -0.274.